The number of nitrogens with zero attached hydrogens (tertiary/aromatic N) is 2. The summed E-state index contributed by atoms with van der Waals surface area (Å²) in [5, 5.41) is 2.60. The minimum atomic E-state index is -4.36. The number of benzene rings is 2. The highest BCUT2D eigenvalue weighted by Gasteiger charge is 2.30. The van der Waals surface area contributed by atoms with Crippen molar-refractivity contribution in [1.29, 1.82) is 0 Å². The molecule has 0 radical (unpaired) electrons. The number of sulfonamides is 1. The second-order valence-electron chi connectivity index (χ2n) is 7.43. The van der Waals surface area contributed by atoms with E-state index in [1.165, 1.54) is 35.5 Å². The monoisotopic (exact) mass is 455 g/mol. The molecule has 1 amide bonds. The van der Waals surface area contributed by atoms with Crippen LogP contribution in [0.25, 0.3) is 0 Å². The molecule has 0 spiro atoms. The first-order chi connectivity index (χ1) is 14.6. The lowest BCUT2D eigenvalue weighted by Gasteiger charge is -2.22. The molecule has 2 aromatic rings. The zero-order chi connectivity index (χ0) is 22.6. The van der Waals surface area contributed by atoms with Crippen LogP contribution >= 0.6 is 0 Å². The molecule has 1 aliphatic heterocycles. The van der Waals surface area contributed by atoms with Crippen LogP contribution in [-0.2, 0) is 27.5 Å². The molecule has 0 saturated carbocycles. The lowest BCUT2D eigenvalue weighted by Crippen LogP contribution is -2.35. The van der Waals surface area contributed by atoms with Crippen molar-refractivity contribution in [2.24, 2.45) is 0 Å². The molecule has 168 valence electrons. The average molecular weight is 456 g/mol. The number of anilines is 1. The summed E-state index contributed by atoms with van der Waals surface area (Å²) in [7, 11) is -3.68. The molecular weight excluding hydrogens is 431 g/mol. The number of carbonyl (C=O) groups excluding carboxylic acids is 1. The summed E-state index contributed by atoms with van der Waals surface area (Å²) in [4.78, 5) is 13.3. The van der Waals surface area contributed by atoms with Crippen molar-refractivity contribution in [2.45, 2.75) is 31.0 Å². The minimum Gasteiger partial charge on any atom is -0.326 e. The lowest BCUT2D eigenvalue weighted by molar-refractivity contribution is -0.137. The highest BCUT2D eigenvalue weighted by molar-refractivity contribution is 7.89. The molecule has 1 saturated heterocycles. The number of rotatable bonds is 5. The van der Waals surface area contributed by atoms with Gasteiger partial charge in [0.05, 0.1) is 10.5 Å². The Balaban J connectivity index is 1.63. The van der Waals surface area contributed by atoms with Gasteiger partial charge in [0.15, 0.2) is 0 Å². The lowest BCUT2D eigenvalue weighted by atomic mass is 10.1. The fourth-order valence-corrected chi connectivity index (χ4v) is 4.94. The zero-order valence-electron chi connectivity index (χ0n) is 17.0. The van der Waals surface area contributed by atoms with Crippen LogP contribution in [0.3, 0.4) is 0 Å². The molecule has 10 heteroatoms. The third-order valence-electron chi connectivity index (χ3n) is 5.05. The number of carbonyl (C=O) groups is 1. The van der Waals surface area contributed by atoms with Gasteiger partial charge in [0, 0.05) is 38.8 Å². The Morgan fingerprint density at radius 2 is 1.61 bits per heavy atom. The maximum atomic E-state index is 13.0. The molecular formula is C21H24F3N3O3S. The molecule has 2 aromatic carbocycles. The molecule has 1 heterocycles. The van der Waals surface area contributed by atoms with E-state index in [1.807, 2.05) is 4.90 Å². The summed E-state index contributed by atoms with van der Waals surface area (Å²) >= 11 is 0. The van der Waals surface area contributed by atoms with Crippen LogP contribution in [0.5, 0.6) is 0 Å². The fourth-order valence-electron chi connectivity index (χ4n) is 3.47. The van der Waals surface area contributed by atoms with Gasteiger partial charge in [-0.1, -0.05) is 12.1 Å². The third-order valence-corrected chi connectivity index (χ3v) is 6.96. The van der Waals surface area contributed by atoms with E-state index in [-0.39, 0.29) is 17.3 Å². The predicted octanol–water partition coefficient (Wildman–Crippen LogP) is 3.56. The molecule has 0 bridgehead atoms. The van der Waals surface area contributed by atoms with E-state index in [0.29, 0.717) is 38.3 Å². The van der Waals surface area contributed by atoms with Gasteiger partial charge < -0.3 is 5.32 Å². The van der Waals surface area contributed by atoms with Gasteiger partial charge in [-0.25, -0.2) is 8.42 Å². The molecule has 0 aliphatic carbocycles. The van der Waals surface area contributed by atoms with E-state index in [2.05, 4.69) is 5.32 Å². The van der Waals surface area contributed by atoms with Gasteiger partial charge in [0.2, 0.25) is 15.9 Å². The number of amides is 1. The van der Waals surface area contributed by atoms with Gasteiger partial charge in [-0.05, 0) is 54.9 Å². The zero-order valence-corrected chi connectivity index (χ0v) is 17.8. The Hall–Kier alpha value is -2.43. The van der Waals surface area contributed by atoms with E-state index in [9.17, 15) is 26.4 Å². The first-order valence-corrected chi connectivity index (χ1v) is 11.3. The van der Waals surface area contributed by atoms with E-state index in [0.717, 1.165) is 17.7 Å². The van der Waals surface area contributed by atoms with Crippen LogP contribution in [0.2, 0.25) is 0 Å². The molecule has 0 atom stereocenters. The van der Waals surface area contributed by atoms with Gasteiger partial charge in [0.25, 0.3) is 0 Å². The maximum Gasteiger partial charge on any atom is 0.416 e. The van der Waals surface area contributed by atoms with Crippen molar-refractivity contribution in [1.82, 2.24) is 9.21 Å². The average Bonchev–Trinajstić information content (AvgIpc) is 2.94. The van der Waals surface area contributed by atoms with E-state index < -0.39 is 21.8 Å². The van der Waals surface area contributed by atoms with E-state index in [4.69, 9.17) is 0 Å². The molecule has 31 heavy (non-hydrogen) atoms. The van der Waals surface area contributed by atoms with Gasteiger partial charge in [-0.15, -0.1) is 0 Å². The first kappa shape index (κ1) is 23.2. The van der Waals surface area contributed by atoms with Crippen molar-refractivity contribution in [3.63, 3.8) is 0 Å². The summed E-state index contributed by atoms with van der Waals surface area (Å²) in [5.41, 5.74) is 0.580. The number of alkyl halides is 3. The number of hydrogen-bond donors (Lipinski definition) is 1. The Kier molecular flexibility index (Phi) is 7.03. The van der Waals surface area contributed by atoms with Crippen LogP contribution in [-0.4, -0.2) is 49.7 Å². The molecule has 1 N–H and O–H groups in total. The summed E-state index contributed by atoms with van der Waals surface area (Å²) in [6.45, 7) is 3.60. The van der Waals surface area contributed by atoms with Crippen molar-refractivity contribution in [3.8, 4) is 0 Å². The molecule has 0 unspecified atom stereocenters. The second kappa shape index (κ2) is 9.37. The van der Waals surface area contributed by atoms with E-state index in [1.54, 1.807) is 12.1 Å². The Morgan fingerprint density at radius 3 is 2.19 bits per heavy atom. The quantitative estimate of drug-likeness (QED) is 0.749. The molecule has 0 aromatic heterocycles. The van der Waals surface area contributed by atoms with Crippen molar-refractivity contribution in [2.75, 3.05) is 31.5 Å². The van der Waals surface area contributed by atoms with Gasteiger partial charge >= 0.3 is 6.18 Å². The summed E-state index contributed by atoms with van der Waals surface area (Å²) in [6, 6.07) is 11.1. The fraction of sp³-hybridized carbons (Fsp3) is 0.381. The Labute approximate surface area is 179 Å². The topological polar surface area (TPSA) is 69.7 Å². The third kappa shape index (κ3) is 6.05. The summed E-state index contributed by atoms with van der Waals surface area (Å²) < 4.78 is 65.5. The smallest absolute Gasteiger partial charge is 0.326 e. The van der Waals surface area contributed by atoms with Crippen LogP contribution < -0.4 is 5.32 Å². The largest absolute Gasteiger partial charge is 0.416 e. The SMILES string of the molecule is CC(=O)Nc1ccc(S(=O)(=O)N2CCCN(Cc3ccc(C(F)(F)F)cc3)CC2)cc1. The normalized spacial score (nSPS) is 16.6. The summed E-state index contributed by atoms with van der Waals surface area (Å²) in [6.07, 6.45) is -3.75. The van der Waals surface area contributed by atoms with Crippen molar-refractivity contribution >= 4 is 21.6 Å². The molecule has 1 aliphatic rings. The van der Waals surface area contributed by atoms with Crippen molar-refractivity contribution < 1.29 is 26.4 Å². The number of hydrogen-bond acceptors (Lipinski definition) is 4. The van der Waals surface area contributed by atoms with Gasteiger partial charge in [-0.3, -0.25) is 9.69 Å². The molecule has 1 fully saturated rings. The van der Waals surface area contributed by atoms with Gasteiger partial charge in [-0.2, -0.15) is 17.5 Å². The Bertz CT molecular complexity index is 1010. The maximum absolute atomic E-state index is 13.0. The van der Waals surface area contributed by atoms with Crippen LogP contribution in [0, 0.1) is 0 Å². The Morgan fingerprint density at radius 1 is 0.968 bits per heavy atom. The van der Waals surface area contributed by atoms with Crippen molar-refractivity contribution in [3.05, 3.63) is 59.7 Å². The number of nitrogens with one attached hydrogen (secondary N) is 1. The van der Waals surface area contributed by atoms with Gasteiger partial charge in [0.1, 0.15) is 0 Å². The first-order valence-electron chi connectivity index (χ1n) is 9.82. The van der Waals surface area contributed by atoms with Crippen LogP contribution in [0.1, 0.15) is 24.5 Å². The van der Waals surface area contributed by atoms with Crippen LogP contribution in [0.4, 0.5) is 18.9 Å². The molecule has 6 nitrogen and oxygen atoms in total. The number of halogens is 3. The standard InChI is InChI=1S/C21H24F3N3O3S/c1-16(28)25-19-7-9-20(10-8-19)31(29,30)27-12-2-11-26(13-14-27)15-17-3-5-18(6-4-17)21(22,23)24/h3-10H,2,11-15H2,1H3,(H,25,28). The molecule has 3 rings (SSSR count). The predicted molar refractivity (Wildman–Crippen MR) is 111 cm³/mol. The second-order valence-corrected chi connectivity index (χ2v) is 9.37. The van der Waals surface area contributed by atoms with E-state index >= 15 is 0 Å². The minimum absolute atomic E-state index is 0.151. The summed E-state index contributed by atoms with van der Waals surface area (Å²) in [5.74, 6) is -0.240. The van der Waals surface area contributed by atoms with Crippen LogP contribution in [0.15, 0.2) is 53.4 Å². The highest BCUT2D eigenvalue weighted by Crippen LogP contribution is 2.29. The highest BCUT2D eigenvalue weighted by atomic mass is 32.2.